The van der Waals surface area contributed by atoms with Crippen molar-refractivity contribution in [3.05, 3.63) is 35.4 Å². The number of carboxylic acid groups (broad SMARTS) is 1. The first kappa shape index (κ1) is 15.7. The molecule has 0 spiro atoms. The zero-order chi connectivity index (χ0) is 14.3. The maximum Gasteiger partial charge on any atom is 0.320 e. The van der Waals surface area contributed by atoms with Crippen LogP contribution in [-0.4, -0.2) is 23.7 Å². The van der Waals surface area contributed by atoms with Crippen LogP contribution in [0.3, 0.4) is 0 Å². The Labute approximate surface area is 115 Å². The second kappa shape index (κ2) is 7.92. The van der Waals surface area contributed by atoms with Gasteiger partial charge in [-0.1, -0.05) is 38.1 Å². The summed E-state index contributed by atoms with van der Waals surface area (Å²) in [6, 6.07) is 7.78. The van der Waals surface area contributed by atoms with Gasteiger partial charge in [0.2, 0.25) is 0 Å². The van der Waals surface area contributed by atoms with E-state index in [0.29, 0.717) is 18.9 Å². The molecule has 0 aliphatic rings. The van der Waals surface area contributed by atoms with Gasteiger partial charge in [-0.2, -0.15) is 0 Å². The lowest BCUT2D eigenvalue weighted by Gasteiger charge is -2.11. The number of carboxylic acids is 1. The summed E-state index contributed by atoms with van der Waals surface area (Å²) in [5.41, 5.74) is 7.99. The number of nitrogens with one attached hydrogen (secondary N) is 1. The molecular formula is C15H24N2O2. The number of hydrogen-bond donors (Lipinski definition) is 3. The van der Waals surface area contributed by atoms with E-state index in [1.165, 1.54) is 11.1 Å². The summed E-state index contributed by atoms with van der Waals surface area (Å²) in [5, 5.41) is 11.9. The van der Waals surface area contributed by atoms with Crippen molar-refractivity contribution in [2.75, 3.05) is 6.54 Å². The van der Waals surface area contributed by atoms with Crippen molar-refractivity contribution >= 4 is 5.97 Å². The average molecular weight is 264 g/mol. The van der Waals surface area contributed by atoms with E-state index in [9.17, 15) is 4.79 Å². The van der Waals surface area contributed by atoms with Crippen molar-refractivity contribution in [3.63, 3.8) is 0 Å². The SMILES string of the molecule is CCC(C)c1ccc(CNCCC(N)C(=O)O)cc1. The maximum atomic E-state index is 10.5. The number of rotatable bonds is 8. The predicted molar refractivity (Wildman–Crippen MR) is 77.1 cm³/mol. The first-order valence-electron chi connectivity index (χ1n) is 6.82. The monoisotopic (exact) mass is 264 g/mol. The van der Waals surface area contributed by atoms with Crippen LogP contribution < -0.4 is 11.1 Å². The maximum absolute atomic E-state index is 10.5. The average Bonchev–Trinajstić information content (AvgIpc) is 2.43. The van der Waals surface area contributed by atoms with Crippen molar-refractivity contribution in [2.24, 2.45) is 5.73 Å². The Morgan fingerprint density at radius 2 is 2.00 bits per heavy atom. The van der Waals surface area contributed by atoms with Crippen LogP contribution in [0, 0.1) is 0 Å². The van der Waals surface area contributed by atoms with Gasteiger partial charge in [0.1, 0.15) is 6.04 Å². The lowest BCUT2D eigenvalue weighted by molar-refractivity contribution is -0.138. The molecule has 2 atom stereocenters. The van der Waals surface area contributed by atoms with Gasteiger partial charge in [-0.05, 0) is 36.4 Å². The molecule has 0 amide bonds. The van der Waals surface area contributed by atoms with Crippen LogP contribution in [0.4, 0.5) is 0 Å². The molecule has 4 heteroatoms. The molecule has 1 rings (SSSR count). The minimum atomic E-state index is -0.945. The Balaban J connectivity index is 2.32. The van der Waals surface area contributed by atoms with E-state index in [1.807, 2.05) is 0 Å². The molecule has 0 saturated carbocycles. The molecule has 4 nitrogen and oxygen atoms in total. The molecule has 0 heterocycles. The molecule has 0 saturated heterocycles. The lowest BCUT2D eigenvalue weighted by Crippen LogP contribution is -2.33. The van der Waals surface area contributed by atoms with Crippen LogP contribution in [0.15, 0.2) is 24.3 Å². The molecule has 4 N–H and O–H groups in total. The van der Waals surface area contributed by atoms with E-state index < -0.39 is 12.0 Å². The highest BCUT2D eigenvalue weighted by Crippen LogP contribution is 2.18. The quantitative estimate of drug-likeness (QED) is 0.628. The second-order valence-corrected chi connectivity index (χ2v) is 4.96. The molecule has 0 bridgehead atoms. The Hall–Kier alpha value is -1.39. The fraction of sp³-hybridized carbons (Fsp3) is 0.533. The third kappa shape index (κ3) is 5.41. The molecule has 0 fully saturated rings. The Kier molecular flexibility index (Phi) is 6.53. The number of hydrogen-bond acceptors (Lipinski definition) is 3. The van der Waals surface area contributed by atoms with Crippen molar-refractivity contribution in [1.82, 2.24) is 5.32 Å². The first-order valence-corrected chi connectivity index (χ1v) is 6.82. The minimum Gasteiger partial charge on any atom is -0.480 e. The first-order chi connectivity index (χ1) is 9.04. The molecule has 1 aromatic carbocycles. The summed E-state index contributed by atoms with van der Waals surface area (Å²) in [7, 11) is 0. The molecule has 0 aromatic heterocycles. The van der Waals surface area contributed by atoms with Crippen molar-refractivity contribution in [2.45, 2.75) is 45.2 Å². The largest absolute Gasteiger partial charge is 0.480 e. The normalized spacial score (nSPS) is 14.1. The summed E-state index contributed by atoms with van der Waals surface area (Å²) in [5.74, 6) is -0.352. The summed E-state index contributed by atoms with van der Waals surface area (Å²) in [4.78, 5) is 10.5. The molecular weight excluding hydrogens is 240 g/mol. The molecule has 19 heavy (non-hydrogen) atoms. The molecule has 0 aliphatic heterocycles. The summed E-state index contributed by atoms with van der Waals surface area (Å²) >= 11 is 0. The van der Waals surface area contributed by atoms with Crippen LogP contribution in [0.25, 0.3) is 0 Å². The number of aliphatic carboxylic acids is 1. The molecule has 2 unspecified atom stereocenters. The van der Waals surface area contributed by atoms with E-state index in [2.05, 4.69) is 43.4 Å². The Morgan fingerprint density at radius 3 is 2.53 bits per heavy atom. The molecule has 0 radical (unpaired) electrons. The van der Waals surface area contributed by atoms with Gasteiger partial charge in [-0.15, -0.1) is 0 Å². The third-order valence-electron chi connectivity index (χ3n) is 3.44. The van der Waals surface area contributed by atoms with Crippen molar-refractivity contribution < 1.29 is 9.90 Å². The van der Waals surface area contributed by atoms with Gasteiger partial charge >= 0.3 is 5.97 Å². The lowest BCUT2D eigenvalue weighted by atomic mass is 9.98. The Bertz CT molecular complexity index is 390. The van der Waals surface area contributed by atoms with Gasteiger partial charge in [-0.3, -0.25) is 4.79 Å². The minimum absolute atomic E-state index is 0.445. The van der Waals surface area contributed by atoms with Crippen LogP contribution in [-0.2, 0) is 11.3 Å². The van der Waals surface area contributed by atoms with Gasteiger partial charge in [0, 0.05) is 6.54 Å². The van der Waals surface area contributed by atoms with Crippen LogP contribution >= 0.6 is 0 Å². The fourth-order valence-electron chi connectivity index (χ4n) is 1.81. The zero-order valence-corrected chi connectivity index (χ0v) is 11.7. The van der Waals surface area contributed by atoms with E-state index >= 15 is 0 Å². The van der Waals surface area contributed by atoms with Crippen LogP contribution in [0.2, 0.25) is 0 Å². The topological polar surface area (TPSA) is 75.3 Å². The smallest absolute Gasteiger partial charge is 0.320 e. The van der Waals surface area contributed by atoms with Gasteiger partial charge in [-0.25, -0.2) is 0 Å². The zero-order valence-electron chi connectivity index (χ0n) is 11.7. The Morgan fingerprint density at radius 1 is 1.37 bits per heavy atom. The summed E-state index contributed by atoms with van der Waals surface area (Å²) in [6.45, 7) is 5.76. The second-order valence-electron chi connectivity index (χ2n) is 4.96. The highest BCUT2D eigenvalue weighted by atomic mass is 16.4. The standard InChI is InChI=1S/C15H24N2O2/c1-3-11(2)13-6-4-12(5-7-13)10-17-9-8-14(16)15(18)19/h4-7,11,14,17H,3,8-10,16H2,1-2H3,(H,18,19). The highest BCUT2D eigenvalue weighted by molar-refractivity contribution is 5.72. The van der Waals surface area contributed by atoms with Crippen molar-refractivity contribution in [1.29, 1.82) is 0 Å². The summed E-state index contributed by atoms with van der Waals surface area (Å²) < 4.78 is 0. The van der Waals surface area contributed by atoms with Crippen molar-refractivity contribution in [3.8, 4) is 0 Å². The summed E-state index contributed by atoms with van der Waals surface area (Å²) in [6.07, 6.45) is 1.59. The van der Waals surface area contributed by atoms with E-state index in [-0.39, 0.29) is 0 Å². The van der Waals surface area contributed by atoms with Gasteiger partial charge in [0.05, 0.1) is 0 Å². The van der Waals surface area contributed by atoms with Gasteiger partial charge in [0.25, 0.3) is 0 Å². The van der Waals surface area contributed by atoms with Crippen LogP contribution in [0.1, 0.15) is 43.7 Å². The number of carbonyl (C=O) groups is 1. The van der Waals surface area contributed by atoms with E-state index in [1.54, 1.807) is 0 Å². The van der Waals surface area contributed by atoms with Crippen LogP contribution in [0.5, 0.6) is 0 Å². The van der Waals surface area contributed by atoms with Gasteiger partial charge in [0.15, 0.2) is 0 Å². The molecule has 1 aromatic rings. The molecule has 0 aliphatic carbocycles. The fourth-order valence-corrected chi connectivity index (χ4v) is 1.81. The highest BCUT2D eigenvalue weighted by Gasteiger charge is 2.09. The van der Waals surface area contributed by atoms with Gasteiger partial charge < -0.3 is 16.2 Å². The van der Waals surface area contributed by atoms with E-state index in [0.717, 1.165) is 13.0 Å². The molecule has 106 valence electrons. The third-order valence-corrected chi connectivity index (χ3v) is 3.44. The predicted octanol–water partition coefficient (Wildman–Crippen LogP) is 2.09. The number of benzene rings is 1. The number of nitrogens with two attached hydrogens (primary N) is 1. The van der Waals surface area contributed by atoms with E-state index in [4.69, 9.17) is 10.8 Å².